The van der Waals surface area contributed by atoms with Gasteiger partial charge in [-0.15, -0.1) is 0 Å². The smallest absolute Gasteiger partial charge is 0.0860 e. The Morgan fingerprint density at radius 3 is 1.33 bits per heavy atom. The summed E-state index contributed by atoms with van der Waals surface area (Å²) in [7, 11) is 0. The second-order valence-corrected chi connectivity index (χ2v) is 4.40. The van der Waals surface area contributed by atoms with Crippen molar-refractivity contribution in [1.82, 2.24) is 0 Å². The third-order valence-electron chi connectivity index (χ3n) is 2.38. The third kappa shape index (κ3) is 3.07. The molecule has 0 N–H and O–H groups in total. The average Bonchev–Trinajstić information content (AvgIpc) is 2.95. The standard InChI is InChI=1S/C10H8.C4H8O/c1-2-6-10-8-4-3-7-9(10)5-1;1-4(2)3-5-4/h1-8H;3H2,1-2H3. The fraction of sp³-hybridized carbons (Fsp3) is 0.286. The van der Waals surface area contributed by atoms with Crippen molar-refractivity contribution in [2.75, 3.05) is 6.61 Å². The van der Waals surface area contributed by atoms with Crippen LogP contribution in [0, 0.1) is 0 Å². The molecule has 1 aliphatic rings. The van der Waals surface area contributed by atoms with Gasteiger partial charge in [0.05, 0.1) is 12.2 Å². The summed E-state index contributed by atoms with van der Waals surface area (Å²) < 4.78 is 4.90. The summed E-state index contributed by atoms with van der Waals surface area (Å²) in [6.07, 6.45) is 0. The average molecular weight is 200 g/mol. The van der Waals surface area contributed by atoms with Crippen LogP contribution >= 0.6 is 0 Å². The van der Waals surface area contributed by atoms with Crippen LogP contribution in [0.3, 0.4) is 0 Å². The van der Waals surface area contributed by atoms with E-state index in [1.807, 2.05) is 0 Å². The summed E-state index contributed by atoms with van der Waals surface area (Å²) in [6.45, 7) is 5.10. The molecule has 2 aromatic rings. The first-order valence-corrected chi connectivity index (χ1v) is 5.25. The number of hydrogen-bond donors (Lipinski definition) is 0. The van der Waals surface area contributed by atoms with Gasteiger partial charge in [0.25, 0.3) is 0 Å². The van der Waals surface area contributed by atoms with Gasteiger partial charge in [0.2, 0.25) is 0 Å². The van der Waals surface area contributed by atoms with Gasteiger partial charge in [0.1, 0.15) is 0 Å². The summed E-state index contributed by atoms with van der Waals surface area (Å²) in [5, 5.41) is 2.62. The van der Waals surface area contributed by atoms with Crippen molar-refractivity contribution >= 4 is 10.8 Å². The lowest BCUT2D eigenvalue weighted by molar-refractivity contribution is 0.344. The molecular weight excluding hydrogens is 184 g/mol. The Morgan fingerprint density at radius 2 is 1.13 bits per heavy atom. The maximum absolute atomic E-state index is 4.90. The maximum atomic E-state index is 4.90. The Labute approximate surface area is 90.7 Å². The van der Waals surface area contributed by atoms with E-state index < -0.39 is 0 Å². The van der Waals surface area contributed by atoms with Crippen LogP contribution < -0.4 is 0 Å². The molecule has 0 spiro atoms. The van der Waals surface area contributed by atoms with Crippen molar-refractivity contribution in [3.63, 3.8) is 0 Å². The molecule has 0 aromatic heterocycles. The molecule has 15 heavy (non-hydrogen) atoms. The Kier molecular flexibility index (Phi) is 2.74. The minimum Gasteiger partial charge on any atom is -0.370 e. The van der Waals surface area contributed by atoms with E-state index in [0.29, 0.717) is 0 Å². The van der Waals surface area contributed by atoms with Gasteiger partial charge in [0, 0.05) is 0 Å². The Hall–Kier alpha value is -1.34. The van der Waals surface area contributed by atoms with Crippen molar-refractivity contribution in [2.45, 2.75) is 19.4 Å². The van der Waals surface area contributed by atoms with Crippen LogP contribution in [-0.4, -0.2) is 12.2 Å². The van der Waals surface area contributed by atoms with E-state index in [4.69, 9.17) is 4.74 Å². The molecule has 0 aliphatic carbocycles. The number of ether oxygens (including phenoxy) is 1. The molecule has 0 unspecified atom stereocenters. The van der Waals surface area contributed by atoms with E-state index in [9.17, 15) is 0 Å². The van der Waals surface area contributed by atoms with Crippen molar-refractivity contribution < 1.29 is 4.74 Å². The molecule has 0 radical (unpaired) electrons. The monoisotopic (exact) mass is 200 g/mol. The van der Waals surface area contributed by atoms with Gasteiger partial charge in [-0.2, -0.15) is 0 Å². The molecule has 0 atom stereocenters. The predicted octanol–water partition coefficient (Wildman–Crippen LogP) is 3.64. The lowest BCUT2D eigenvalue weighted by Gasteiger charge is -1.92. The first-order valence-electron chi connectivity index (χ1n) is 5.25. The van der Waals surface area contributed by atoms with Gasteiger partial charge in [-0.05, 0) is 24.6 Å². The molecular formula is C14H16O. The summed E-state index contributed by atoms with van der Waals surface area (Å²) >= 11 is 0. The molecule has 1 nitrogen and oxygen atoms in total. The number of rotatable bonds is 0. The molecule has 0 bridgehead atoms. The van der Waals surface area contributed by atoms with Crippen LogP contribution in [0.15, 0.2) is 48.5 Å². The fourth-order valence-corrected chi connectivity index (χ4v) is 1.28. The molecule has 78 valence electrons. The van der Waals surface area contributed by atoms with E-state index in [1.165, 1.54) is 10.8 Å². The van der Waals surface area contributed by atoms with E-state index >= 15 is 0 Å². The number of benzene rings is 2. The molecule has 1 heterocycles. The third-order valence-corrected chi connectivity index (χ3v) is 2.38. The topological polar surface area (TPSA) is 12.5 Å². The summed E-state index contributed by atoms with van der Waals surface area (Å²) in [5.74, 6) is 0. The molecule has 1 saturated heterocycles. The Bertz CT molecular complexity index is 374. The summed E-state index contributed by atoms with van der Waals surface area (Å²) in [5.41, 5.74) is 0.250. The van der Waals surface area contributed by atoms with Gasteiger partial charge >= 0.3 is 0 Å². The van der Waals surface area contributed by atoms with Gasteiger partial charge in [-0.3, -0.25) is 0 Å². The number of epoxide rings is 1. The normalized spacial score (nSPS) is 16.7. The Morgan fingerprint density at radius 1 is 0.867 bits per heavy atom. The van der Waals surface area contributed by atoms with Crippen LogP contribution in [0.25, 0.3) is 10.8 Å². The molecule has 3 rings (SSSR count). The minimum absolute atomic E-state index is 0.250. The van der Waals surface area contributed by atoms with Crippen LogP contribution in [0.2, 0.25) is 0 Å². The van der Waals surface area contributed by atoms with Gasteiger partial charge in [0.15, 0.2) is 0 Å². The second-order valence-electron chi connectivity index (χ2n) is 4.40. The van der Waals surface area contributed by atoms with Crippen LogP contribution in [0.5, 0.6) is 0 Å². The number of fused-ring (bicyclic) bond motifs is 1. The molecule has 1 aliphatic heterocycles. The summed E-state index contributed by atoms with van der Waals surface area (Å²) in [6, 6.07) is 16.7. The highest BCUT2D eigenvalue weighted by molar-refractivity contribution is 5.81. The summed E-state index contributed by atoms with van der Waals surface area (Å²) in [4.78, 5) is 0. The second kappa shape index (κ2) is 4.03. The lowest BCUT2D eigenvalue weighted by atomic mass is 10.1. The molecule has 2 aromatic carbocycles. The highest BCUT2D eigenvalue weighted by atomic mass is 16.6. The fourth-order valence-electron chi connectivity index (χ4n) is 1.28. The first-order chi connectivity index (χ1) is 7.17. The van der Waals surface area contributed by atoms with Crippen molar-refractivity contribution in [3.05, 3.63) is 48.5 Å². The zero-order valence-corrected chi connectivity index (χ0v) is 9.23. The van der Waals surface area contributed by atoms with E-state index in [2.05, 4.69) is 62.4 Å². The van der Waals surface area contributed by atoms with Crippen LogP contribution in [0.4, 0.5) is 0 Å². The van der Waals surface area contributed by atoms with Crippen molar-refractivity contribution in [1.29, 1.82) is 0 Å². The molecule has 1 heteroatoms. The predicted molar refractivity (Wildman–Crippen MR) is 64.0 cm³/mol. The largest absolute Gasteiger partial charge is 0.370 e. The molecule has 0 saturated carbocycles. The number of hydrogen-bond acceptors (Lipinski definition) is 1. The van der Waals surface area contributed by atoms with Crippen molar-refractivity contribution in [2.24, 2.45) is 0 Å². The first kappa shape index (κ1) is 10.2. The minimum atomic E-state index is 0.250. The van der Waals surface area contributed by atoms with Crippen LogP contribution in [0.1, 0.15) is 13.8 Å². The molecule has 0 amide bonds. The van der Waals surface area contributed by atoms with E-state index in [1.54, 1.807) is 0 Å². The van der Waals surface area contributed by atoms with Gasteiger partial charge in [-0.1, -0.05) is 48.5 Å². The highest BCUT2D eigenvalue weighted by Crippen LogP contribution is 2.23. The maximum Gasteiger partial charge on any atom is 0.0860 e. The van der Waals surface area contributed by atoms with Gasteiger partial charge in [-0.25, -0.2) is 0 Å². The zero-order valence-electron chi connectivity index (χ0n) is 9.23. The van der Waals surface area contributed by atoms with E-state index in [-0.39, 0.29) is 5.60 Å². The zero-order chi connectivity index (χ0) is 10.7. The lowest BCUT2D eigenvalue weighted by Crippen LogP contribution is -1.90. The van der Waals surface area contributed by atoms with E-state index in [0.717, 1.165) is 6.61 Å². The van der Waals surface area contributed by atoms with Crippen molar-refractivity contribution in [3.8, 4) is 0 Å². The SMILES string of the molecule is CC1(C)CO1.c1ccc2ccccc2c1. The highest BCUT2D eigenvalue weighted by Gasteiger charge is 2.32. The quantitative estimate of drug-likeness (QED) is 0.591. The van der Waals surface area contributed by atoms with Gasteiger partial charge < -0.3 is 4.74 Å². The molecule has 1 fully saturated rings. The van der Waals surface area contributed by atoms with Crippen LogP contribution in [-0.2, 0) is 4.74 Å². The Balaban J connectivity index is 0.000000144.